The maximum Gasteiger partial charge on any atom is 0.291 e. The highest BCUT2D eigenvalue weighted by Crippen LogP contribution is 2.36. The van der Waals surface area contributed by atoms with Crippen LogP contribution in [0.5, 0.6) is 5.75 Å². The van der Waals surface area contributed by atoms with Crippen LogP contribution >= 0.6 is 22.9 Å². The lowest BCUT2D eigenvalue weighted by Gasteiger charge is -2.17. The molecule has 1 aliphatic heterocycles. The molecule has 0 fully saturated rings. The zero-order valence-electron chi connectivity index (χ0n) is 22.0. The summed E-state index contributed by atoms with van der Waals surface area (Å²) in [6.07, 6.45) is 4.62. The molecular formula is C31H27ClN4O3S. The van der Waals surface area contributed by atoms with E-state index in [-0.39, 0.29) is 11.5 Å². The summed E-state index contributed by atoms with van der Waals surface area (Å²) < 4.78 is 7.46. The Balaban J connectivity index is 1.30. The number of fused-ring (bicyclic) bond motifs is 2. The van der Waals surface area contributed by atoms with Gasteiger partial charge in [-0.05, 0) is 54.4 Å². The second-order valence-corrected chi connectivity index (χ2v) is 11.1. The number of carbonyl (C=O) groups excluding carboxylic acids is 1. The van der Waals surface area contributed by atoms with Gasteiger partial charge in [0, 0.05) is 16.1 Å². The molecular weight excluding hydrogens is 544 g/mol. The predicted molar refractivity (Wildman–Crippen MR) is 159 cm³/mol. The number of benzene rings is 3. The van der Waals surface area contributed by atoms with Crippen LogP contribution < -0.4 is 19.7 Å². The molecule has 2 aromatic heterocycles. The number of hydrogen-bond donors (Lipinski definition) is 0. The SMILES string of the molecule is CCCCCCOc1ccc(-c2nc3sc(=C4C(=O)N(Cc5ccc(Cl)cc5)c5ccccc54)c(=O)n3n2)cc1. The summed E-state index contributed by atoms with van der Waals surface area (Å²) >= 11 is 7.22. The molecule has 0 spiro atoms. The first kappa shape index (κ1) is 26.2. The highest BCUT2D eigenvalue weighted by atomic mass is 35.5. The third kappa shape index (κ3) is 5.00. The summed E-state index contributed by atoms with van der Waals surface area (Å²) in [5, 5.41) is 5.12. The van der Waals surface area contributed by atoms with E-state index in [0.29, 0.717) is 39.1 Å². The van der Waals surface area contributed by atoms with Crippen LogP contribution in [0.2, 0.25) is 5.02 Å². The molecule has 1 aliphatic rings. The van der Waals surface area contributed by atoms with Crippen LogP contribution in [0.3, 0.4) is 0 Å². The van der Waals surface area contributed by atoms with Gasteiger partial charge in [0.25, 0.3) is 11.5 Å². The van der Waals surface area contributed by atoms with Crippen LogP contribution in [0.15, 0.2) is 77.6 Å². The Morgan fingerprint density at radius 3 is 2.45 bits per heavy atom. The Hall–Kier alpha value is -4.01. The summed E-state index contributed by atoms with van der Waals surface area (Å²) in [6.45, 7) is 3.25. The number of unbranched alkanes of at least 4 members (excludes halogenated alkanes) is 3. The highest BCUT2D eigenvalue weighted by molar-refractivity contribution is 7.15. The molecule has 0 bridgehead atoms. The number of aromatic nitrogens is 3. The molecule has 0 radical (unpaired) electrons. The number of para-hydroxylation sites is 1. The molecule has 9 heteroatoms. The van der Waals surface area contributed by atoms with Gasteiger partial charge in [-0.25, -0.2) is 0 Å². The standard InChI is InChI=1S/C31H27ClN4O3S/c1-2-3-4-7-18-39-23-16-12-21(13-17-23)28-33-31-36(34-28)30(38)27(40-31)26-24-8-5-6-9-25(24)35(29(26)37)19-20-10-14-22(32)15-11-20/h5-6,8-17H,2-4,7,18-19H2,1H3. The molecule has 3 aromatic carbocycles. The van der Waals surface area contributed by atoms with Crippen molar-refractivity contribution in [1.29, 1.82) is 0 Å². The van der Waals surface area contributed by atoms with Gasteiger partial charge in [0.05, 0.1) is 24.4 Å². The molecule has 0 saturated heterocycles. The number of carbonyl (C=O) groups is 1. The number of nitrogens with zero attached hydrogens (tertiary/aromatic N) is 4. The minimum atomic E-state index is -0.350. The molecule has 0 aliphatic carbocycles. The minimum absolute atomic E-state index is 0.219. The largest absolute Gasteiger partial charge is 0.494 e. The summed E-state index contributed by atoms with van der Waals surface area (Å²) in [5.41, 5.74) is 3.26. The first-order valence-electron chi connectivity index (χ1n) is 13.4. The first-order valence-corrected chi connectivity index (χ1v) is 14.6. The van der Waals surface area contributed by atoms with E-state index >= 15 is 0 Å². The van der Waals surface area contributed by atoms with Crippen LogP contribution in [0.1, 0.15) is 43.7 Å². The normalized spacial score (nSPS) is 14.2. The maximum absolute atomic E-state index is 13.7. The second-order valence-electron chi connectivity index (χ2n) is 9.71. The van der Waals surface area contributed by atoms with Crippen molar-refractivity contribution >= 4 is 45.1 Å². The zero-order valence-corrected chi connectivity index (χ0v) is 23.5. The first-order chi connectivity index (χ1) is 19.5. The van der Waals surface area contributed by atoms with E-state index in [4.69, 9.17) is 16.3 Å². The van der Waals surface area contributed by atoms with Crippen molar-refractivity contribution in [1.82, 2.24) is 14.6 Å². The van der Waals surface area contributed by atoms with Crippen molar-refractivity contribution in [2.75, 3.05) is 11.5 Å². The summed E-state index contributed by atoms with van der Waals surface area (Å²) in [4.78, 5) is 34.0. The van der Waals surface area contributed by atoms with Crippen LogP contribution in [-0.2, 0) is 11.3 Å². The molecule has 6 rings (SSSR count). The van der Waals surface area contributed by atoms with Crippen LogP contribution in [0.4, 0.5) is 5.69 Å². The van der Waals surface area contributed by atoms with E-state index in [9.17, 15) is 9.59 Å². The fourth-order valence-corrected chi connectivity index (χ4v) is 5.98. The number of anilines is 1. The van der Waals surface area contributed by atoms with Crippen LogP contribution in [-0.4, -0.2) is 27.1 Å². The smallest absolute Gasteiger partial charge is 0.291 e. The van der Waals surface area contributed by atoms with Crippen molar-refractivity contribution in [3.05, 3.63) is 104 Å². The Bertz CT molecular complexity index is 1800. The van der Waals surface area contributed by atoms with Crippen molar-refractivity contribution < 1.29 is 9.53 Å². The van der Waals surface area contributed by atoms with Gasteiger partial charge in [-0.2, -0.15) is 9.50 Å². The summed E-state index contributed by atoms with van der Waals surface area (Å²) in [6, 6.07) is 22.5. The van der Waals surface area contributed by atoms with E-state index in [0.717, 1.165) is 34.5 Å². The molecule has 1 amide bonds. The van der Waals surface area contributed by atoms with Crippen LogP contribution in [0.25, 0.3) is 21.9 Å². The monoisotopic (exact) mass is 570 g/mol. The molecule has 0 atom stereocenters. The number of thiazole rings is 1. The van der Waals surface area contributed by atoms with Gasteiger partial charge in [-0.3, -0.25) is 9.59 Å². The lowest BCUT2D eigenvalue weighted by atomic mass is 10.1. The Kier molecular flexibility index (Phi) is 7.36. The molecule has 0 saturated carbocycles. The molecule has 5 aromatic rings. The number of amides is 1. The van der Waals surface area contributed by atoms with E-state index in [2.05, 4.69) is 17.0 Å². The Morgan fingerprint density at radius 2 is 1.70 bits per heavy atom. The van der Waals surface area contributed by atoms with Crippen molar-refractivity contribution in [3.8, 4) is 17.1 Å². The van der Waals surface area contributed by atoms with E-state index in [1.54, 1.807) is 17.0 Å². The van der Waals surface area contributed by atoms with Crippen LogP contribution in [0, 0.1) is 0 Å². The van der Waals surface area contributed by atoms with Crippen molar-refractivity contribution in [2.24, 2.45) is 0 Å². The quantitative estimate of drug-likeness (QED) is 0.206. The third-order valence-electron chi connectivity index (χ3n) is 6.94. The van der Waals surface area contributed by atoms with Gasteiger partial charge in [0.1, 0.15) is 10.3 Å². The summed E-state index contributed by atoms with van der Waals surface area (Å²) in [5.74, 6) is 1.03. The fourth-order valence-electron chi connectivity index (χ4n) is 4.86. The molecule has 7 nitrogen and oxygen atoms in total. The predicted octanol–water partition coefficient (Wildman–Crippen LogP) is 5.90. The highest BCUT2D eigenvalue weighted by Gasteiger charge is 2.34. The number of hydrogen-bond acceptors (Lipinski definition) is 6. The van der Waals surface area contributed by atoms with Gasteiger partial charge < -0.3 is 9.64 Å². The molecule has 0 N–H and O–H groups in total. The minimum Gasteiger partial charge on any atom is -0.494 e. The third-order valence-corrected chi connectivity index (χ3v) is 8.22. The molecule has 0 unspecified atom stereocenters. The van der Waals surface area contributed by atoms with Gasteiger partial charge in [0.2, 0.25) is 4.96 Å². The number of ether oxygens (including phenoxy) is 1. The Labute approximate surface area is 240 Å². The zero-order chi connectivity index (χ0) is 27.6. The molecule has 3 heterocycles. The van der Waals surface area contributed by atoms with Gasteiger partial charge in [-0.1, -0.05) is 79.5 Å². The fraction of sp³-hybridized carbons (Fsp3) is 0.226. The van der Waals surface area contributed by atoms with Gasteiger partial charge >= 0.3 is 0 Å². The molecule has 40 heavy (non-hydrogen) atoms. The Morgan fingerprint density at radius 1 is 0.925 bits per heavy atom. The lowest BCUT2D eigenvalue weighted by Crippen LogP contribution is -2.32. The van der Waals surface area contributed by atoms with E-state index in [1.165, 1.54) is 35.1 Å². The van der Waals surface area contributed by atoms with Crippen molar-refractivity contribution in [3.63, 3.8) is 0 Å². The lowest BCUT2D eigenvalue weighted by molar-refractivity contribution is -0.113. The summed E-state index contributed by atoms with van der Waals surface area (Å²) in [7, 11) is 0. The number of rotatable bonds is 9. The topological polar surface area (TPSA) is 76.8 Å². The average molecular weight is 571 g/mol. The molecule has 202 valence electrons. The number of halogens is 1. The van der Waals surface area contributed by atoms with Gasteiger partial charge in [-0.15, -0.1) is 5.10 Å². The van der Waals surface area contributed by atoms with Gasteiger partial charge in [0.15, 0.2) is 5.82 Å². The second kappa shape index (κ2) is 11.2. The average Bonchev–Trinajstić information content (AvgIpc) is 3.61. The van der Waals surface area contributed by atoms with E-state index in [1.807, 2.05) is 60.7 Å². The maximum atomic E-state index is 13.7. The van der Waals surface area contributed by atoms with Crippen molar-refractivity contribution in [2.45, 2.75) is 39.2 Å². The van der Waals surface area contributed by atoms with E-state index < -0.39 is 0 Å².